The van der Waals surface area contributed by atoms with Gasteiger partial charge in [0.15, 0.2) is 0 Å². The Morgan fingerprint density at radius 2 is 1.58 bits per heavy atom. The lowest BCUT2D eigenvalue weighted by Crippen LogP contribution is -2.13. The summed E-state index contributed by atoms with van der Waals surface area (Å²) in [6.45, 7) is 0. The Labute approximate surface area is 158 Å². The number of hydrogen-bond acceptors (Lipinski definition) is 4. The lowest BCUT2D eigenvalue weighted by atomic mass is 10.3. The fourth-order valence-corrected chi connectivity index (χ4v) is 3.43. The number of halogens is 1. The molecule has 2 aromatic carbocycles. The Morgan fingerprint density at radius 3 is 2.23 bits per heavy atom. The van der Waals surface area contributed by atoms with Crippen molar-refractivity contribution in [2.45, 2.75) is 4.90 Å². The van der Waals surface area contributed by atoms with Crippen LogP contribution < -0.4 is 10.6 Å². The minimum Gasteiger partial charge on any atom is -0.325 e. The standard InChI is InChI=1S/C19H15FN2O2S2/c20-13-3-5-14(6-4-13)21-18(23)12-26-16-9-7-15(8-10-16)22-19(24)17-2-1-11-25-17/h1-11H,12H2,(H,21,23)(H,22,24). The van der Waals surface area contributed by atoms with Crippen molar-refractivity contribution in [3.63, 3.8) is 0 Å². The quantitative estimate of drug-likeness (QED) is 0.594. The van der Waals surface area contributed by atoms with Crippen molar-refractivity contribution < 1.29 is 14.0 Å². The number of benzene rings is 2. The molecule has 0 saturated heterocycles. The van der Waals surface area contributed by atoms with Gasteiger partial charge >= 0.3 is 0 Å². The molecule has 4 nitrogen and oxygen atoms in total. The van der Waals surface area contributed by atoms with E-state index in [1.807, 2.05) is 23.6 Å². The topological polar surface area (TPSA) is 58.2 Å². The number of carbonyl (C=O) groups excluding carboxylic acids is 2. The molecule has 0 spiro atoms. The van der Waals surface area contributed by atoms with Gasteiger partial charge in [-0.05, 0) is 60.0 Å². The minimum absolute atomic E-state index is 0.140. The Hall–Kier alpha value is -2.64. The Bertz CT molecular complexity index is 879. The van der Waals surface area contributed by atoms with Gasteiger partial charge in [0.05, 0.1) is 10.6 Å². The maximum absolute atomic E-state index is 12.8. The predicted octanol–water partition coefficient (Wildman–Crippen LogP) is 4.87. The van der Waals surface area contributed by atoms with Crippen LogP contribution >= 0.6 is 23.1 Å². The summed E-state index contributed by atoms with van der Waals surface area (Å²) in [4.78, 5) is 25.5. The van der Waals surface area contributed by atoms with E-state index in [2.05, 4.69) is 10.6 Å². The monoisotopic (exact) mass is 386 g/mol. The van der Waals surface area contributed by atoms with E-state index in [9.17, 15) is 14.0 Å². The second kappa shape index (κ2) is 8.64. The van der Waals surface area contributed by atoms with Crippen molar-refractivity contribution in [1.29, 1.82) is 0 Å². The minimum atomic E-state index is -0.344. The van der Waals surface area contributed by atoms with Crippen LogP contribution in [0.2, 0.25) is 0 Å². The normalized spacial score (nSPS) is 10.3. The molecule has 2 N–H and O–H groups in total. The van der Waals surface area contributed by atoms with Gasteiger partial charge in [0.2, 0.25) is 5.91 Å². The van der Waals surface area contributed by atoms with E-state index in [4.69, 9.17) is 0 Å². The Morgan fingerprint density at radius 1 is 0.923 bits per heavy atom. The van der Waals surface area contributed by atoms with Crippen LogP contribution in [0.25, 0.3) is 0 Å². The molecule has 0 radical (unpaired) electrons. The van der Waals surface area contributed by atoms with E-state index in [1.165, 1.54) is 47.4 Å². The molecule has 7 heteroatoms. The van der Waals surface area contributed by atoms with Crippen LogP contribution in [0.3, 0.4) is 0 Å². The van der Waals surface area contributed by atoms with Crippen molar-refractivity contribution in [3.05, 3.63) is 76.7 Å². The fourth-order valence-electron chi connectivity index (χ4n) is 2.11. The zero-order valence-corrected chi connectivity index (χ0v) is 15.2. The number of carbonyl (C=O) groups is 2. The molecule has 0 saturated carbocycles. The molecule has 132 valence electrons. The summed E-state index contributed by atoms with van der Waals surface area (Å²) in [5, 5.41) is 7.39. The molecule has 0 aliphatic heterocycles. The SMILES string of the molecule is O=C(CSc1ccc(NC(=O)c2cccs2)cc1)Nc1ccc(F)cc1. The first-order valence-electron chi connectivity index (χ1n) is 7.73. The molecule has 26 heavy (non-hydrogen) atoms. The second-order valence-electron chi connectivity index (χ2n) is 5.30. The van der Waals surface area contributed by atoms with Gasteiger partial charge in [-0.15, -0.1) is 23.1 Å². The summed E-state index contributed by atoms with van der Waals surface area (Å²) in [5.74, 6) is -0.419. The van der Waals surface area contributed by atoms with Crippen molar-refractivity contribution in [2.24, 2.45) is 0 Å². The number of hydrogen-bond donors (Lipinski definition) is 2. The zero-order chi connectivity index (χ0) is 18.4. The average Bonchev–Trinajstić information content (AvgIpc) is 3.18. The number of thiophene rings is 1. The molecular weight excluding hydrogens is 371 g/mol. The lowest BCUT2D eigenvalue weighted by Gasteiger charge is -2.07. The van der Waals surface area contributed by atoms with Gasteiger partial charge in [0.1, 0.15) is 5.82 Å². The molecule has 0 bridgehead atoms. The molecule has 2 amide bonds. The number of nitrogens with one attached hydrogen (secondary N) is 2. The molecule has 3 rings (SSSR count). The first kappa shape index (κ1) is 18.2. The third kappa shape index (κ3) is 5.18. The van der Waals surface area contributed by atoms with Crippen molar-refractivity contribution in [1.82, 2.24) is 0 Å². The van der Waals surface area contributed by atoms with Gasteiger partial charge in [-0.1, -0.05) is 6.07 Å². The molecular formula is C19H15FN2O2S2. The summed E-state index contributed by atoms with van der Waals surface area (Å²) in [6, 6.07) is 16.5. The van der Waals surface area contributed by atoms with Gasteiger partial charge < -0.3 is 10.6 Å². The van der Waals surface area contributed by atoms with Gasteiger partial charge in [0, 0.05) is 16.3 Å². The molecule has 0 aliphatic carbocycles. The van der Waals surface area contributed by atoms with Crippen LogP contribution in [0.5, 0.6) is 0 Å². The van der Waals surface area contributed by atoms with Crippen LogP contribution in [0.15, 0.2) is 70.9 Å². The van der Waals surface area contributed by atoms with Crippen LogP contribution in [-0.2, 0) is 4.79 Å². The molecule has 0 atom stereocenters. The summed E-state index contributed by atoms with van der Waals surface area (Å²) in [5.41, 5.74) is 1.26. The van der Waals surface area contributed by atoms with Gasteiger partial charge in [0.25, 0.3) is 5.91 Å². The maximum atomic E-state index is 12.8. The first-order chi connectivity index (χ1) is 12.6. The Balaban J connectivity index is 1.48. The van der Waals surface area contributed by atoms with Crippen molar-refractivity contribution >= 4 is 46.3 Å². The molecule has 0 aliphatic rings. The molecule has 0 unspecified atom stereocenters. The highest BCUT2D eigenvalue weighted by atomic mass is 32.2. The van der Waals surface area contributed by atoms with E-state index in [0.717, 1.165) is 4.90 Å². The second-order valence-corrected chi connectivity index (χ2v) is 7.30. The molecule has 1 heterocycles. The van der Waals surface area contributed by atoms with Crippen LogP contribution in [0.4, 0.5) is 15.8 Å². The number of amides is 2. The highest BCUT2D eigenvalue weighted by molar-refractivity contribution is 8.00. The lowest BCUT2D eigenvalue weighted by molar-refractivity contribution is -0.113. The van der Waals surface area contributed by atoms with Crippen molar-refractivity contribution in [2.75, 3.05) is 16.4 Å². The van der Waals surface area contributed by atoms with Crippen LogP contribution in [0.1, 0.15) is 9.67 Å². The van der Waals surface area contributed by atoms with Crippen LogP contribution in [-0.4, -0.2) is 17.6 Å². The van der Waals surface area contributed by atoms with E-state index in [0.29, 0.717) is 16.3 Å². The third-order valence-corrected chi connectivity index (χ3v) is 5.24. The molecule has 0 fully saturated rings. The predicted molar refractivity (Wildman–Crippen MR) is 104 cm³/mol. The number of anilines is 2. The number of rotatable bonds is 6. The largest absolute Gasteiger partial charge is 0.325 e. The maximum Gasteiger partial charge on any atom is 0.265 e. The number of thioether (sulfide) groups is 1. The summed E-state index contributed by atoms with van der Waals surface area (Å²) < 4.78 is 12.8. The van der Waals surface area contributed by atoms with Crippen molar-refractivity contribution in [3.8, 4) is 0 Å². The first-order valence-corrected chi connectivity index (χ1v) is 9.60. The fraction of sp³-hybridized carbons (Fsp3) is 0.0526. The van der Waals surface area contributed by atoms with Crippen LogP contribution in [0, 0.1) is 5.82 Å². The van der Waals surface area contributed by atoms with Gasteiger partial charge in [-0.3, -0.25) is 9.59 Å². The highest BCUT2D eigenvalue weighted by Gasteiger charge is 2.07. The Kier molecular flexibility index (Phi) is 6.04. The zero-order valence-electron chi connectivity index (χ0n) is 13.6. The summed E-state index contributed by atoms with van der Waals surface area (Å²) in [6.07, 6.45) is 0. The van der Waals surface area contributed by atoms with E-state index < -0.39 is 0 Å². The summed E-state index contributed by atoms with van der Waals surface area (Å²) in [7, 11) is 0. The van der Waals surface area contributed by atoms with E-state index in [1.54, 1.807) is 18.2 Å². The van der Waals surface area contributed by atoms with Gasteiger partial charge in [-0.2, -0.15) is 0 Å². The third-order valence-electron chi connectivity index (χ3n) is 3.36. The van der Waals surface area contributed by atoms with Gasteiger partial charge in [-0.25, -0.2) is 4.39 Å². The van der Waals surface area contributed by atoms with E-state index >= 15 is 0 Å². The highest BCUT2D eigenvalue weighted by Crippen LogP contribution is 2.21. The smallest absolute Gasteiger partial charge is 0.265 e. The molecule has 1 aromatic heterocycles. The van der Waals surface area contributed by atoms with E-state index in [-0.39, 0.29) is 23.4 Å². The molecule has 3 aromatic rings. The average molecular weight is 386 g/mol. The summed E-state index contributed by atoms with van der Waals surface area (Å²) >= 11 is 2.76.